The van der Waals surface area contributed by atoms with Crippen LogP contribution in [0.5, 0.6) is 0 Å². The van der Waals surface area contributed by atoms with Crippen molar-refractivity contribution in [2.75, 3.05) is 0 Å². The number of hydrogen-bond acceptors (Lipinski definition) is 0. The fourth-order valence-corrected chi connectivity index (χ4v) is 23.7. The van der Waals surface area contributed by atoms with Crippen LogP contribution in [0.3, 0.4) is 0 Å². The minimum atomic E-state index is 0.0461. The van der Waals surface area contributed by atoms with Crippen LogP contribution >= 0.6 is 0 Å². The summed E-state index contributed by atoms with van der Waals surface area (Å²) in [5.74, 6) is 14.4. The Hall–Kier alpha value is -3.38. The van der Waals surface area contributed by atoms with E-state index in [0.29, 0.717) is 45.3 Å². The maximum absolute atomic E-state index is 2.66. The highest BCUT2D eigenvalue weighted by atomic mass is 14.7. The molecule has 0 spiro atoms. The Labute approximate surface area is 516 Å². The van der Waals surface area contributed by atoms with E-state index in [0.717, 1.165) is 82.9 Å². The van der Waals surface area contributed by atoms with Gasteiger partial charge in [-0.15, -0.1) is 0 Å². The summed E-state index contributed by atoms with van der Waals surface area (Å²) in [5, 5.41) is 0. The Morgan fingerprint density at radius 3 is 0.750 bits per heavy atom. The highest BCUT2D eigenvalue weighted by molar-refractivity contribution is 5.46. The van der Waals surface area contributed by atoms with Crippen LogP contribution in [0.25, 0.3) is 0 Å². The molecule has 4 aromatic rings. The summed E-state index contributed by atoms with van der Waals surface area (Å²) in [6.07, 6.45) is 36.2. The second-order valence-corrected chi connectivity index (χ2v) is 35.4. The van der Waals surface area contributed by atoms with E-state index in [1.807, 2.05) is 0 Å². The third kappa shape index (κ3) is 11.4. The van der Waals surface area contributed by atoms with Crippen molar-refractivity contribution in [1.82, 2.24) is 0 Å². The zero-order chi connectivity index (χ0) is 58.8. The van der Waals surface area contributed by atoms with Gasteiger partial charge in [0.15, 0.2) is 0 Å². The summed E-state index contributed by atoms with van der Waals surface area (Å²) in [6, 6.07) is 49.5. The third-order valence-corrected chi connectivity index (χ3v) is 27.7. The van der Waals surface area contributed by atoms with Gasteiger partial charge < -0.3 is 0 Å². The van der Waals surface area contributed by atoms with E-state index in [2.05, 4.69) is 217 Å². The molecule has 16 atom stereocenters. The lowest BCUT2D eigenvalue weighted by atomic mass is 9.50. The second kappa shape index (κ2) is 24.2. The topological polar surface area (TPSA) is 0 Å². The lowest BCUT2D eigenvalue weighted by Gasteiger charge is -2.53. The van der Waals surface area contributed by atoms with Crippen molar-refractivity contribution >= 4 is 0 Å². The maximum Gasteiger partial charge on any atom is 0.0264 e. The molecule has 0 nitrogen and oxygen atoms in total. The molecular weight excluding hydrogens is 1010 g/mol. The molecule has 0 radical (unpaired) electrons. The molecule has 84 heavy (non-hydrogen) atoms. The smallest absolute Gasteiger partial charge is 0.0264 e. The first-order chi connectivity index (χ1) is 40.2. The molecule has 8 aliphatic rings. The van der Waals surface area contributed by atoms with Crippen molar-refractivity contribution in [2.24, 2.45) is 128 Å². The largest absolute Gasteiger partial charge is 0.0885 e. The highest BCUT2D eigenvalue weighted by Gasteiger charge is 2.66. The molecule has 8 fully saturated rings. The van der Waals surface area contributed by atoms with Crippen LogP contribution in [0.15, 0.2) is 133 Å². The normalized spacial score (nSPS) is 35.9. The molecule has 0 saturated heterocycles. The van der Waals surface area contributed by atoms with Crippen molar-refractivity contribution in [2.45, 2.75) is 235 Å². The number of benzene rings is 4. The number of fused-ring (bicyclic) bond motifs is 6. The Bertz CT molecular complexity index is 2410. The average molecular weight is 1130 g/mol. The first-order valence-corrected chi connectivity index (χ1v) is 36.0. The van der Waals surface area contributed by atoms with Gasteiger partial charge in [-0.25, -0.2) is 0 Å². The summed E-state index contributed by atoms with van der Waals surface area (Å²) < 4.78 is 0. The molecule has 456 valence electrons. The van der Waals surface area contributed by atoms with Gasteiger partial charge in [-0.05, 0) is 279 Å². The molecule has 0 heterocycles. The van der Waals surface area contributed by atoms with E-state index in [9.17, 15) is 0 Å². The monoisotopic (exact) mass is 1130 g/mol. The molecule has 0 aliphatic heterocycles. The van der Waals surface area contributed by atoms with Crippen molar-refractivity contribution in [3.63, 3.8) is 0 Å². The van der Waals surface area contributed by atoms with Crippen LogP contribution in [0, 0.1) is 128 Å². The molecule has 8 aliphatic carbocycles. The van der Waals surface area contributed by atoms with Crippen molar-refractivity contribution in [3.8, 4) is 0 Å². The van der Waals surface area contributed by atoms with E-state index < -0.39 is 0 Å². The van der Waals surface area contributed by atoms with E-state index >= 15 is 0 Å². The van der Waals surface area contributed by atoms with Crippen LogP contribution in [0.4, 0.5) is 0 Å². The Kier molecular flexibility index (Phi) is 17.5. The quantitative estimate of drug-likeness (QED) is 0.110. The molecule has 0 bridgehead atoms. The van der Waals surface area contributed by atoms with E-state index in [-0.39, 0.29) is 10.8 Å². The van der Waals surface area contributed by atoms with Crippen LogP contribution in [-0.4, -0.2) is 0 Å². The Morgan fingerprint density at radius 1 is 0.274 bits per heavy atom. The predicted octanol–water partition coefficient (Wildman–Crippen LogP) is 23.5. The fraction of sp³-hybridized carbons (Fsp3) is 0.690. The molecule has 4 aromatic carbocycles. The summed E-state index contributed by atoms with van der Waals surface area (Å²) in [7, 11) is 0. The van der Waals surface area contributed by atoms with Crippen LogP contribution in [0.2, 0.25) is 0 Å². The van der Waals surface area contributed by atoms with Gasteiger partial charge in [0.1, 0.15) is 0 Å². The Balaban J connectivity index is 0.783. The number of rotatable bonds is 14. The van der Waals surface area contributed by atoms with Crippen molar-refractivity contribution in [3.05, 3.63) is 156 Å². The summed E-state index contributed by atoms with van der Waals surface area (Å²) in [4.78, 5) is 0. The van der Waals surface area contributed by atoms with Gasteiger partial charge >= 0.3 is 0 Å². The van der Waals surface area contributed by atoms with Gasteiger partial charge in [-0.1, -0.05) is 229 Å². The van der Waals surface area contributed by atoms with Gasteiger partial charge in [0.05, 0.1) is 0 Å². The Morgan fingerprint density at radius 2 is 0.512 bits per heavy atom. The van der Waals surface area contributed by atoms with Gasteiger partial charge in [-0.2, -0.15) is 0 Å². The number of hydrogen-bond donors (Lipinski definition) is 0. The average Bonchev–Trinajstić information content (AvgIpc) is 1.55. The standard InChI is InChI=1S/C84H120/c1-79(2,3)63-43-47-69-70-48-44-64(80(4,5)6)54-74(70)77(73(69)53-63)83(59-31-21-15-22-32-59,60-33-23-16-24-34-60)67-41-39-57(51-67)29-19-13-14-20-30-58-40-42-68(52-58)84(61-35-25-17-26-36-61,62-37-27-18-28-38-62)78-75-55-65(81(7,8)9)45-49-71(75)72-50-46-66(56-76(72)78)82(10,11)12/h13-18,21-28,31-38,57-58,63-78H,19-20,29-30,39-56H2,1-12H3. The van der Waals surface area contributed by atoms with E-state index in [4.69, 9.17) is 0 Å². The third-order valence-electron chi connectivity index (χ3n) is 27.7. The van der Waals surface area contributed by atoms with Crippen LogP contribution in [0.1, 0.15) is 247 Å². The SMILES string of the molecule is CC(C)(C)C1CCC2C3CCC(C(C)(C)C)CC3C(C(c3ccccc3)(c3ccccc3)C3CCC(CCC=CCCC4CCC(C(c5ccccc5)(c5ccccc5)C5C6CC(C(C)(C)C)CCC6C6CCC(C(C)(C)C)CC65)C4)C3)C2C1. The fourth-order valence-electron chi connectivity index (χ4n) is 23.7. The van der Waals surface area contributed by atoms with Gasteiger partial charge in [0, 0.05) is 10.8 Å². The molecular formula is C84H120. The van der Waals surface area contributed by atoms with Gasteiger partial charge in [0.2, 0.25) is 0 Å². The molecule has 0 N–H and O–H groups in total. The molecule has 0 heteroatoms. The van der Waals surface area contributed by atoms with E-state index in [1.54, 1.807) is 22.3 Å². The highest BCUT2D eigenvalue weighted by Crippen LogP contribution is 2.72. The van der Waals surface area contributed by atoms with Crippen LogP contribution < -0.4 is 0 Å². The first-order valence-electron chi connectivity index (χ1n) is 36.0. The molecule has 8 saturated carbocycles. The predicted molar refractivity (Wildman–Crippen MR) is 359 cm³/mol. The van der Waals surface area contributed by atoms with Crippen molar-refractivity contribution < 1.29 is 0 Å². The lowest BCUT2D eigenvalue weighted by molar-refractivity contribution is 0.0420. The summed E-state index contributed by atoms with van der Waals surface area (Å²) in [6.45, 7) is 30.9. The van der Waals surface area contributed by atoms with Gasteiger partial charge in [0.25, 0.3) is 0 Å². The van der Waals surface area contributed by atoms with Crippen molar-refractivity contribution in [1.29, 1.82) is 0 Å². The zero-order valence-corrected chi connectivity index (χ0v) is 55.7. The minimum Gasteiger partial charge on any atom is -0.0885 e. The molecule has 0 amide bonds. The summed E-state index contributed by atoms with van der Waals surface area (Å²) in [5.41, 5.74) is 8.17. The molecule has 12 rings (SSSR count). The summed E-state index contributed by atoms with van der Waals surface area (Å²) >= 11 is 0. The molecule has 16 unspecified atom stereocenters. The van der Waals surface area contributed by atoms with Crippen LogP contribution in [-0.2, 0) is 10.8 Å². The van der Waals surface area contributed by atoms with Gasteiger partial charge in [-0.3, -0.25) is 0 Å². The zero-order valence-electron chi connectivity index (χ0n) is 55.7. The van der Waals surface area contributed by atoms with E-state index in [1.165, 1.54) is 141 Å². The number of allylic oxidation sites excluding steroid dienone is 2. The molecule has 0 aromatic heterocycles. The first kappa shape index (κ1) is 60.9. The second-order valence-electron chi connectivity index (χ2n) is 35.4. The maximum atomic E-state index is 2.66. The minimum absolute atomic E-state index is 0.0461. The lowest BCUT2D eigenvalue weighted by Crippen LogP contribution is -2.49.